The summed E-state index contributed by atoms with van der Waals surface area (Å²) < 4.78 is 11.0. The second-order valence-electron chi connectivity index (χ2n) is 8.44. The van der Waals surface area contributed by atoms with Gasteiger partial charge in [-0.05, 0) is 68.2 Å². The fourth-order valence-electron chi connectivity index (χ4n) is 4.09. The maximum atomic E-state index is 11.4. The van der Waals surface area contributed by atoms with Gasteiger partial charge < -0.3 is 14.3 Å². The second-order valence-corrected chi connectivity index (χ2v) is 8.44. The van der Waals surface area contributed by atoms with E-state index in [0.29, 0.717) is 23.9 Å². The van der Waals surface area contributed by atoms with Gasteiger partial charge in [0.15, 0.2) is 0 Å². The molecule has 1 saturated carbocycles. The number of allylic oxidation sites excluding steroid dienone is 2. The summed E-state index contributed by atoms with van der Waals surface area (Å²) in [6, 6.07) is 8.66. The maximum Gasteiger partial charge on any atom is 0.336 e. The standard InChI is InChI=1S/C24H30O4/c1-16(5-10-20-17(2)6-11-22(25)24(20,3)4)13-14-27-19-9-7-18-8-12-23(26)28-21(18)15-19/h7-9,12-13,15,20,22,25H,2,5-6,10-11,14H2,1,3-4H3/b16-13+/t20-,22-/m1/s1. The molecule has 0 radical (unpaired) electrons. The van der Waals surface area contributed by atoms with Gasteiger partial charge in [-0.2, -0.15) is 0 Å². The molecular weight excluding hydrogens is 352 g/mol. The number of rotatable bonds is 6. The fourth-order valence-corrected chi connectivity index (χ4v) is 4.09. The number of ether oxygens (including phenoxy) is 1. The summed E-state index contributed by atoms with van der Waals surface area (Å²) in [6.45, 7) is 11.1. The van der Waals surface area contributed by atoms with Gasteiger partial charge in [-0.3, -0.25) is 0 Å². The average molecular weight is 383 g/mol. The third kappa shape index (κ3) is 4.56. The molecule has 28 heavy (non-hydrogen) atoms. The summed E-state index contributed by atoms with van der Waals surface area (Å²) in [6.07, 6.45) is 5.50. The van der Waals surface area contributed by atoms with Gasteiger partial charge in [0.25, 0.3) is 0 Å². The summed E-state index contributed by atoms with van der Waals surface area (Å²) in [5.41, 5.74) is 2.56. The van der Waals surface area contributed by atoms with E-state index < -0.39 is 0 Å². The van der Waals surface area contributed by atoms with Crippen LogP contribution < -0.4 is 10.4 Å². The molecule has 0 bridgehead atoms. The number of aliphatic hydroxyl groups is 1. The number of aliphatic hydroxyl groups excluding tert-OH is 1. The Labute approximate surface area is 166 Å². The molecule has 2 aromatic rings. The van der Waals surface area contributed by atoms with Gasteiger partial charge in [0, 0.05) is 17.5 Å². The highest BCUT2D eigenvalue weighted by atomic mass is 16.5. The van der Waals surface area contributed by atoms with Crippen molar-refractivity contribution in [3.63, 3.8) is 0 Å². The summed E-state index contributed by atoms with van der Waals surface area (Å²) in [5.74, 6) is 1.01. The van der Waals surface area contributed by atoms with Gasteiger partial charge in [0.05, 0.1) is 6.10 Å². The summed E-state index contributed by atoms with van der Waals surface area (Å²) in [5, 5.41) is 11.2. The van der Waals surface area contributed by atoms with Crippen molar-refractivity contribution >= 4 is 11.0 Å². The van der Waals surface area contributed by atoms with Crippen molar-refractivity contribution in [3.05, 3.63) is 64.6 Å². The first kappa shape index (κ1) is 20.4. The first-order valence-corrected chi connectivity index (χ1v) is 9.95. The Balaban J connectivity index is 1.56. The van der Waals surface area contributed by atoms with E-state index in [-0.39, 0.29) is 17.1 Å². The zero-order chi connectivity index (χ0) is 20.3. The fraction of sp³-hybridized carbons (Fsp3) is 0.458. The minimum atomic E-state index is -0.363. The van der Waals surface area contributed by atoms with Crippen molar-refractivity contribution in [2.75, 3.05) is 6.61 Å². The van der Waals surface area contributed by atoms with Gasteiger partial charge in [-0.1, -0.05) is 31.6 Å². The normalized spacial score (nSPS) is 22.4. The summed E-state index contributed by atoms with van der Waals surface area (Å²) in [4.78, 5) is 11.4. The molecule has 1 fully saturated rings. The highest BCUT2D eigenvalue weighted by Gasteiger charge is 2.40. The molecule has 1 aromatic heterocycles. The third-order valence-corrected chi connectivity index (χ3v) is 6.09. The summed E-state index contributed by atoms with van der Waals surface area (Å²) in [7, 11) is 0. The molecule has 0 unspecified atom stereocenters. The largest absolute Gasteiger partial charge is 0.489 e. The SMILES string of the molecule is C=C1CC[C@@H](O)C(C)(C)[C@@H]1CC/C(C)=C/COc1ccc2ccc(=O)oc2c1. The van der Waals surface area contributed by atoms with Crippen LogP contribution in [0.2, 0.25) is 0 Å². The molecule has 0 spiro atoms. The Morgan fingerprint density at radius 3 is 2.89 bits per heavy atom. The van der Waals surface area contributed by atoms with Crippen LogP contribution >= 0.6 is 0 Å². The lowest BCUT2D eigenvalue weighted by Gasteiger charge is -2.44. The van der Waals surface area contributed by atoms with Crippen LogP contribution in [0.3, 0.4) is 0 Å². The highest BCUT2D eigenvalue weighted by Crippen LogP contribution is 2.45. The molecule has 4 nitrogen and oxygen atoms in total. The number of hydrogen-bond donors (Lipinski definition) is 1. The summed E-state index contributed by atoms with van der Waals surface area (Å²) >= 11 is 0. The number of fused-ring (bicyclic) bond motifs is 1. The van der Waals surface area contributed by atoms with Gasteiger partial charge in [-0.15, -0.1) is 0 Å². The molecule has 0 aliphatic heterocycles. The zero-order valence-corrected chi connectivity index (χ0v) is 17.0. The van der Waals surface area contributed by atoms with Crippen LogP contribution in [0.1, 0.15) is 46.5 Å². The van der Waals surface area contributed by atoms with Crippen LogP contribution in [0.5, 0.6) is 5.75 Å². The number of benzene rings is 1. The van der Waals surface area contributed by atoms with E-state index in [0.717, 1.165) is 31.1 Å². The Hall–Kier alpha value is -2.33. The van der Waals surface area contributed by atoms with Crippen molar-refractivity contribution in [3.8, 4) is 5.75 Å². The maximum absolute atomic E-state index is 11.4. The Bertz CT molecular complexity index is 935. The predicted octanol–water partition coefficient (Wildman–Crippen LogP) is 5.25. The van der Waals surface area contributed by atoms with E-state index in [1.807, 2.05) is 12.1 Å². The van der Waals surface area contributed by atoms with Crippen LogP contribution in [-0.2, 0) is 0 Å². The average Bonchev–Trinajstić information content (AvgIpc) is 2.64. The molecule has 2 atom stereocenters. The van der Waals surface area contributed by atoms with Gasteiger partial charge in [0.1, 0.15) is 17.9 Å². The Kier molecular flexibility index (Phi) is 6.09. The van der Waals surface area contributed by atoms with Gasteiger partial charge >= 0.3 is 5.63 Å². The quantitative estimate of drug-likeness (QED) is 0.547. The topological polar surface area (TPSA) is 59.7 Å². The first-order chi connectivity index (χ1) is 13.3. The lowest BCUT2D eigenvalue weighted by atomic mass is 9.63. The second kappa shape index (κ2) is 8.36. The van der Waals surface area contributed by atoms with Crippen molar-refractivity contribution in [1.82, 2.24) is 0 Å². The molecule has 1 aromatic carbocycles. The van der Waals surface area contributed by atoms with Crippen molar-refractivity contribution < 1.29 is 14.3 Å². The predicted molar refractivity (Wildman–Crippen MR) is 113 cm³/mol. The Morgan fingerprint density at radius 1 is 1.36 bits per heavy atom. The van der Waals surface area contributed by atoms with E-state index in [1.54, 1.807) is 12.1 Å². The van der Waals surface area contributed by atoms with Crippen molar-refractivity contribution in [1.29, 1.82) is 0 Å². The van der Waals surface area contributed by atoms with Gasteiger partial charge in [-0.25, -0.2) is 4.79 Å². The highest BCUT2D eigenvalue weighted by molar-refractivity contribution is 5.77. The molecular formula is C24H30O4. The van der Waals surface area contributed by atoms with Crippen LogP contribution in [0, 0.1) is 11.3 Å². The van der Waals surface area contributed by atoms with E-state index in [2.05, 4.69) is 33.4 Å². The molecule has 1 N–H and O–H groups in total. The molecule has 1 aliphatic carbocycles. The monoisotopic (exact) mass is 382 g/mol. The minimum absolute atomic E-state index is 0.124. The molecule has 3 rings (SSSR count). The third-order valence-electron chi connectivity index (χ3n) is 6.09. The molecule has 0 saturated heterocycles. The Morgan fingerprint density at radius 2 is 2.11 bits per heavy atom. The van der Waals surface area contributed by atoms with Crippen molar-refractivity contribution in [2.24, 2.45) is 11.3 Å². The van der Waals surface area contributed by atoms with Crippen LogP contribution in [0.4, 0.5) is 0 Å². The number of hydrogen-bond acceptors (Lipinski definition) is 4. The smallest absolute Gasteiger partial charge is 0.336 e. The lowest BCUT2D eigenvalue weighted by Crippen LogP contribution is -2.41. The van der Waals surface area contributed by atoms with Crippen molar-refractivity contribution in [2.45, 2.75) is 52.6 Å². The first-order valence-electron chi connectivity index (χ1n) is 9.95. The van der Waals surface area contributed by atoms with E-state index in [9.17, 15) is 9.90 Å². The minimum Gasteiger partial charge on any atom is -0.489 e. The van der Waals surface area contributed by atoms with E-state index >= 15 is 0 Å². The molecule has 150 valence electrons. The molecule has 0 amide bonds. The lowest BCUT2D eigenvalue weighted by molar-refractivity contribution is -0.00881. The van der Waals surface area contributed by atoms with E-state index in [4.69, 9.17) is 9.15 Å². The zero-order valence-electron chi connectivity index (χ0n) is 17.0. The molecule has 4 heteroatoms. The van der Waals surface area contributed by atoms with Crippen LogP contribution in [0.25, 0.3) is 11.0 Å². The van der Waals surface area contributed by atoms with E-state index in [1.165, 1.54) is 17.2 Å². The van der Waals surface area contributed by atoms with Gasteiger partial charge in [0.2, 0.25) is 0 Å². The molecule has 1 heterocycles. The van der Waals surface area contributed by atoms with Crippen LogP contribution in [0.15, 0.2) is 63.3 Å². The van der Waals surface area contributed by atoms with Crippen LogP contribution in [-0.4, -0.2) is 17.8 Å². The molecule has 1 aliphatic rings.